The van der Waals surface area contributed by atoms with Crippen LogP contribution in [0.5, 0.6) is 0 Å². The molecule has 74 valence electrons. The fourth-order valence-corrected chi connectivity index (χ4v) is 1.90. The number of aliphatic hydroxyl groups excluding tert-OH is 1. The van der Waals surface area contributed by atoms with Gasteiger partial charge >= 0.3 is 0 Å². The Morgan fingerprint density at radius 2 is 2.31 bits per heavy atom. The molecule has 1 aliphatic carbocycles. The number of rotatable bonds is 2. The first-order chi connectivity index (χ1) is 6.22. The number of nitrogens with one attached hydrogen (secondary N) is 1. The van der Waals surface area contributed by atoms with E-state index in [1.54, 1.807) is 0 Å². The largest absolute Gasteiger partial charge is 0.394 e. The number of carbonyl (C=O) groups excluding carboxylic acids is 1. The van der Waals surface area contributed by atoms with Crippen LogP contribution in [0, 0.1) is 0 Å². The number of piperazine rings is 1. The van der Waals surface area contributed by atoms with Crippen molar-refractivity contribution in [3.63, 3.8) is 0 Å². The molecule has 4 nitrogen and oxygen atoms in total. The predicted molar refractivity (Wildman–Crippen MR) is 48.2 cm³/mol. The summed E-state index contributed by atoms with van der Waals surface area (Å²) >= 11 is 0. The van der Waals surface area contributed by atoms with Crippen molar-refractivity contribution in [2.45, 2.75) is 37.9 Å². The summed E-state index contributed by atoms with van der Waals surface area (Å²) in [6.07, 6.45) is 2.27. The van der Waals surface area contributed by atoms with Crippen molar-refractivity contribution in [1.29, 1.82) is 0 Å². The van der Waals surface area contributed by atoms with Crippen molar-refractivity contribution in [3.05, 3.63) is 0 Å². The molecule has 0 aromatic heterocycles. The number of amides is 1. The quantitative estimate of drug-likeness (QED) is 0.598. The Hall–Kier alpha value is -0.610. The first kappa shape index (κ1) is 8.97. The van der Waals surface area contributed by atoms with E-state index in [2.05, 4.69) is 5.32 Å². The van der Waals surface area contributed by atoms with Crippen molar-refractivity contribution in [1.82, 2.24) is 10.2 Å². The van der Waals surface area contributed by atoms with Gasteiger partial charge in [0.1, 0.15) is 6.04 Å². The van der Waals surface area contributed by atoms with Gasteiger partial charge in [-0.15, -0.1) is 0 Å². The standard InChI is InChI=1S/C9H16N2O2/c1-6-4-11(7-2-3-7)9(13)8(5-12)10-6/h6-8,10,12H,2-5H2,1H3. The zero-order valence-corrected chi connectivity index (χ0v) is 7.86. The van der Waals surface area contributed by atoms with Gasteiger partial charge in [0, 0.05) is 18.6 Å². The zero-order valence-electron chi connectivity index (χ0n) is 7.86. The van der Waals surface area contributed by atoms with Crippen molar-refractivity contribution >= 4 is 5.91 Å². The summed E-state index contributed by atoms with van der Waals surface area (Å²) in [6, 6.07) is 0.394. The van der Waals surface area contributed by atoms with E-state index in [4.69, 9.17) is 5.11 Å². The summed E-state index contributed by atoms with van der Waals surface area (Å²) in [7, 11) is 0. The van der Waals surface area contributed by atoms with E-state index in [0.717, 1.165) is 19.4 Å². The number of hydrogen-bond acceptors (Lipinski definition) is 3. The van der Waals surface area contributed by atoms with Crippen molar-refractivity contribution in [2.24, 2.45) is 0 Å². The van der Waals surface area contributed by atoms with Gasteiger partial charge in [0.05, 0.1) is 6.61 Å². The Morgan fingerprint density at radius 1 is 1.62 bits per heavy atom. The summed E-state index contributed by atoms with van der Waals surface area (Å²) in [6.45, 7) is 2.75. The average molecular weight is 184 g/mol. The molecule has 2 rings (SSSR count). The average Bonchev–Trinajstić information content (AvgIpc) is 2.91. The fourth-order valence-electron chi connectivity index (χ4n) is 1.90. The van der Waals surface area contributed by atoms with E-state index in [-0.39, 0.29) is 18.6 Å². The van der Waals surface area contributed by atoms with Crippen LogP contribution in [0.1, 0.15) is 19.8 Å². The van der Waals surface area contributed by atoms with Crippen LogP contribution >= 0.6 is 0 Å². The summed E-state index contributed by atoms with van der Waals surface area (Å²) < 4.78 is 0. The van der Waals surface area contributed by atoms with Crippen LogP contribution in [0.4, 0.5) is 0 Å². The van der Waals surface area contributed by atoms with Crippen LogP contribution in [0.25, 0.3) is 0 Å². The highest BCUT2D eigenvalue weighted by Gasteiger charge is 2.39. The highest BCUT2D eigenvalue weighted by atomic mass is 16.3. The Labute approximate surface area is 77.9 Å². The molecule has 2 N–H and O–H groups in total. The van der Waals surface area contributed by atoms with Crippen LogP contribution in [0.2, 0.25) is 0 Å². The van der Waals surface area contributed by atoms with Gasteiger partial charge in [-0.1, -0.05) is 0 Å². The molecule has 0 radical (unpaired) electrons. The fraction of sp³-hybridized carbons (Fsp3) is 0.889. The molecule has 0 aromatic carbocycles. The van der Waals surface area contributed by atoms with Gasteiger partial charge in [-0.2, -0.15) is 0 Å². The minimum Gasteiger partial charge on any atom is -0.394 e. The van der Waals surface area contributed by atoms with Crippen molar-refractivity contribution in [3.8, 4) is 0 Å². The van der Waals surface area contributed by atoms with E-state index in [1.165, 1.54) is 0 Å². The number of nitrogens with zero attached hydrogens (tertiary/aromatic N) is 1. The van der Waals surface area contributed by atoms with Crippen molar-refractivity contribution < 1.29 is 9.90 Å². The molecule has 1 amide bonds. The van der Waals surface area contributed by atoms with Crippen LogP contribution < -0.4 is 5.32 Å². The minimum atomic E-state index is -0.371. The first-order valence-corrected chi connectivity index (χ1v) is 4.89. The molecule has 2 unspecified atom stereocenters. The first-order valence-electron chi connectivity index (χ1n) is 4.89. The lowest BCUT2D eigenvalue weighted by molar-refractivity contribution is -0.138. The molecule has 0 bridgehead atoms. The van der Waals surface area contributed by atoms with Gasteiger partial charge in [0.15, 0.2) is 0 Å². The maximum Gasteiger partial charge on any atom is 0.242 e. The maximum absolute atomic E-state index is 11.7. The van der Waals surface area contributed by atoms with Gasteiger partial charge < -0.3 is 10.0 Å². The zero-order chi connectivity index (χ0) is 9.42. The molecule has 0 spiro atoms. The third-order valence-electron chi connectivity index (χ3n) is 2.71. The normalized spacial score (nSPS) is 35.2. The smallest absolute Gasteiger partial charge is 0.242 e. The van der Waals surface area contributed by atoms with Gasteiger partial charge in [-0.05, 0) is 19.8 Å². The summed E-state index contributed by atoms with van der Waals surface area (Å²) in [5.41, 5.74) is 0. The summed E-state index contributed by atoms with van der Waals surface area (Å²) in [4.78, 5) is 13.6. The van der Waals surface area contributed by atoms with Gasteiger partial charge in [0.25, 0.3) is 0 Å². The summed E-state index contributed by atoms with van der Waals surface area (Å²) in [5, 5.41) is 12.1. The molecular formula is C9H16N2O2. The van der Waals surface area contributed by atoms with E-state index in [0.29, 0.717) is 12.1 Å². The lowest BCUT2D eigenvalue weighted by Crippen LogP contribution is -2.60. The second-order valence-corrected chi connectivity index (χ2v) is 4.02. The lowest BCUT2D eigenvalue weighted by Gasteiger charge is -2.36. The monoisotopic (exact) mass is 184 g/mol. The van der Waals surface area contributed by atoms with E-state index >= 15 is 0 Å². The van der Waals surface area contributed by atoms with Gasteiger partial charge in [-0.25, -0.2) is 0 Å². The van der Waals surface area contributed by atoms with Crippen LogP contribution in [0.15, 0.2) is 0 Å². The Bertz CT molecular complexity index is 216. The molecule has 1 saturated heterocycles. The molecule has 0 aromatic rings. The third kappa shape index (κ3) is 1.69. The molecule has 2 aliphatic rings. The molecule has 2 fully saturated rings. The Morgan fingerprint density at radius 3 is 2.85 bits per heavy atom. The van der Waals surface area contributed by atoms with Crippen LogP contribution in [0.3, 0.4) is 0 Å². The number of aliphatic hydroxyl groups is 1. The highest BCUT2D eigenvalue weighted by Crippen LogP contribution is 2.28. The van der Waals surface area contributed by atoms with Crippen molar-refractivity contribution in [2.75, 3.05) is 13.2 Å². The minimum absolute atomic E-state index is 0.0723. The lowest BCUT2D eigenvalue weighted by atomic mass is 10.1. The van der Waals surface area contributed by atoms with Gasteiger partial charge in [-0.3, -0.25) is 10.1 Å². The molecule has 1 saturated carbocycles. The summed E-state index contributed by atoms with van der Waals surface area (Å²) in [5.74, 6) is 0.0723. The Kier molecular flexibility index (Phi) is 2.26. The second-order valence-electron chi connectivity index (χ2n) is 4.02. The maximum atomic E-state index is 11.7. The second kappa shape index (κ2) is 3.27. The number of hydrogen-bond donors (Lipinski definition) is 2. The molecular weight excluding hydrogens is 168 g/mol. The number of carbonyl (C=O) groups is 1. The van der Waals surface area contributed by atoms with E-state index in [9.17, 15) is 4.79 Å². The predicted octanol–water partition coefficient (Wildman–Crippen LogP) is -0.670. The highest BCUT2D eigenvalue weighted by molar-refractivity contribution is 5.83. The SMILES string of the molecule is CC1CN(C2CC2)C(=O)C(CO)N1. The van der Waals surface area contributed by atoms with Crippen LogP contribution in [-0.2, 0) is 4.79 Å². The Balaban J connectivity index is 2.04. The van der Waals surface area contributed by atoms with Gasteiger partial charge in [0.2, 0.25) is 5.91 Å². The molecule has 2 atom stereocenters. The molecule has 4 heteroatoms. The van der Waals surface area contributed by atoms with E-state index in [1.807, 2.05) is 11.8 Å². The third-order valence-corrected chi connectivity index (χ3v) is 2.71. The molecule has 1 heterocycles. The molecule has 13 heavy (non-hydrogen) atoms. The van der Waals surface area contributed by atoms with Crippen LogP contribution in [-0.4, -0.2) is 47.2 Å². The molecule has 1 aliphatic heterocycles. The van der Waals surface area contributed by atoms with E-state index < -0.39 is 0 Å². The topological polar surface area (TPSA) is 52.6 Å².